The van der Waals surface area contributed by atoms with Gasteiger partial charge >= 0.3 is 12.0 Å². The smallest absolute Gasteiger partial charge is 0.320 e. The maximum Gasteiger partial charge on any atom is 0.320 e. The lowest BCUT2D eigenvalue weighted by molar-refractivity contribution is -0.137. The molecule has 6 nitrogen and oxygen atoms in total. The summed E-state index contributed by atoms with van der Waals surface area (Å²) in [6, 6.07) is 3.61. The van der Waals surface area contributed by atoms with Gasteiger partial charge in [-0.1, -0.05) is 0 Å². The number of aryl methyl sites for hydroxylation is 1. The lowest BCUT2D eigenvalue weighted by atomic mass is 10.2. The van der Waals surface area contributed by atoms with Gasteiger partial charge in [0, 0.05) is 26.1 Å². The summed E-state index contributed by atoms with van der Waals surface area (Å²) >= 11 is 0. The normalized spacial score (nSPS) is 10.7. The molecule has 0 unspecified atom stereocenters. The topological polar surface area (TPSA) is 74.0 Å². The largest absolute Gasteiger partial charge is 0.481 e. The van der Waals surface area contributed by atoms with Crippen LogP contribution in [0.2, 0.25) is 0 Å². The highest BCUT2D eigenvalue weighted by Gasteiger charge is 2.21. The zero-order valence-electron chi connectivity index (χ0n) is 13.1. The molecule has 21 heavy (non-hydrogen) atoms. The van der Waals surface area contributed by atoms with Crippen LogP contribution >= 0.6 is 0 Å². The van der Waals surface area contributed by atoms with E-state index in [1.54, 1.807) is 16.8 Å². The molecule has 0 saturated heterocycles. The van der Waals surface area contributed by atoms with Crippen molar-refractivity contribution in [2.24, 2.45) is 0 Å². The second-order valence-corrected chi connectivity index (χ2v) is 5.44. The van der Waals surface area contributed by atoms with Crippen LogP contribution in [-0.4, -0.2) is 46.5 Å². The highest BCUT2D eigenvalue weighted by molar-refractivity contribution is 5.74. The fraction of sp³-hybridized carbons (Fsp3) is 0.600. The van der Waals surface area contributed by atoms with Crippen molar-refractivity contribution in [3.8, 4) is 0 Å². The van der Waals surface area contributed by atoms with E-state index in [4.69, 9.17) is 9.52 Å². The second kappa shape index (κ2) is 7.71. The van der Waals surface area contributed by atoms with Crippen LogP contribution in [0, 0.1) is 6.92 Å². The number of furan rings is 1. The summed E-state index contributed by atoms with van der Waals surface area (Å²) in [7, 11) is 1.72. The summed E-state index contributed by atoms with van der Waals surface area (Å²) in [4.78, 5) is 26.3. The Morgan fingerprint density at radius 3 is 2.48 bits per heavy atom. The Balaban J connectivity index is 2.60. The third-order valence-corrected chi connectivity index (χ3v) is 3.17. The molecule has 2 amide bonds. The van der Waals surface area contributed by atoms with Gasteiger partial charge < -0.3 is 19.3 Å². The van der Waals surface area contributed by atoms with E-state index < -0.39 is 5.97 Å². The Morgan fingerprint density at radius 1 is 1.33 bits per heavy atom. The van der Waals surface area contributed by atoms with Gasteiger partial charge in [0.15, 0.2) is 0 Å². The minimum absolute atomic E-state index is 0.0204. The molecular weight excluding hydrogens is 272 g/mol. The number of urea groups is 1. The molecule has 0 aliphatic heterocycles. The first-order chi connectivity index (χ1) is 9.81. The van der Waals surface area contributed by atoms with Gasteiger partial charge in [-0.05, 0) is 39.3 Å². The number of nitrogens with zero attached hydrogens (tertiary/aromatic N) is 2. The first kappa shape index (κ1) is 17.1. The van der Waals surface area contributed by atoms with Crippen LogP contribution in [0.4, 0.5) is 4.79 Å². The first-order valence-electron chi connectivity index (χ1n) is 7.10. The van der Waals surface area contributed by atoms with E-state index in [2.05, 4.69) is 0 Å². The summed E-state index contributed by atoms with van der Waals surface area (Å²) in [5.74, 6) is 0.705. The van der Waals surface area contributed by atoms with Crippen molar-refractivity contribution in [1.82, 2.24) is 9.80 Å². The van der Waals surface area contributed by atoms with Crippen molar-refractivity contribution in [2.45, 2.75) is 46.2 Å². The van der Waals surface area contributed by atoms with E-state index in [0.29, 0.717) is 19.5 Å². The summed E-state index contributed by atoms with van der Waals surface area (Å²) in [6.45, 7) is 6.53. The average molecular weight is 296 g/mol. The van der Waals surface area contributed by atoms with Crippen LogP contribution in [0.3, 0.4) is 0 Å². The van der Waals surface area contributed by atoms with Crippen LogP contribution in [0.1, 0.15) is 38.2 Å². The third-order valence-electron chi connectivity index (χ3n) is 3.17. The molecule has 1 aromatic rings. The Hall–Kier alpha value is -1.98. The van der Waals surface area contributed by atoms with Gasteiger partial charge in [-0.15, -0.1) is 0 Å². The monoisotopic (exact) mass is 296 g/mol. The van der Waals surface area contributed by atoms with Gasteiger partial charge in [-0.2, -0.15) is 0 Å². The van der Waals surface area contributed by atoms with Gasteiger partial charge in [0.2, 0.25) is 0 Å². The van der Waals surface area contributed by atoms with E-state index in [-0.39, 0.29) is 18.5 Å². The fourth-order valence-corrected chi connectivity index (χ4v) is 2.07. The van der Waals surface area contributed by atoms with Crippen molar-refractivity contribution in [2.75, 3.05) is 13.6 Å². The van der Waals surface area contributed by atoms with Crippen LogP contribution < -0.4 is 0 Å². The number of carbonyl (C=O) groups excluding carboxylic acids is 1. The van der Waals surface area contributed by atoms with Crippen LogP contribution in [-0.2, 0) is 11.3 Å². The molecule has 0 bridgehead atoms. The highest BCUT2D eigenvalue weighted by atomic mass is 16.4. The van der Waals surface area contributed by atoms with Gasteiger partial charge in [0.25, 0.3) is 0 Å². The molecular formula is C15H24N2O4. The molecule has 0 saturated carbocycles. The summed E-state index contributed by atoms with van der Waals surface area (Å²) in [6.07, 6.45) is 0.518. The number of amides is 2. The maximum atomic E-state index is 12.4. The molecule has 0 aliphatic rings. The number of hydrogen-bond acceptors (Lipinski definition) is 3. The Labute approximate surface area is 125 Å². The zero-order chi connectivity index (χ0) is 16.0. The fourth-order valence-electron chi connectivity index (χ4n) is 2.07. The van der Waals surface area contributed by atoms with Crippen LogP contribution in [0.5, 0.6) is 0 Å². The molecule has 1 rings (SSSR count). The SMILES string of the molecule is Cc1ccc(CN(C)C(=O)N(CCCC(=O)O)C(C)C)o1. The molecule has 0 aliphatic carbocycles. The summed E-state index contributed by atoms with van der Waals surface area (Å²) < 4.78 is 5.47. The summed E-state index contributed by atoms with van der Waals surface area (Å²) in [5.41, 5.74) is 0. The number of hydrogen-bond donors (Lipinski definition) is 1. The van der Waals surface area contributed by atoms with E-state index in [1.807, 2.05) is 32.9 Å². The lowest BCUT2D eigenvalue weighted by Gasteiger charge is -2.31. The molecule has 6 heteroatoms. The molecule has 1 N–H and O–H groups in total. The number of rotatable bonds is 7. The Morgan fingerprint density at radius 2 is 2.00 bits per heavy atom. The van der Waals surface area contributed by atoms with E-state index in [9.17, 15) is 9.59 Å². The van der Waals surface area contributed by atoms with Crippen molar-refractivity contribution >= 4 is 12.0 Å². The molecule has 118 valence electrons. The van der Waals surface area contributed by atoms with Crippen molar-refractivity contribution in [1.29, 1.82) is 0 Å². The number of carboxylic acid groups (broad SMARTS) is 1. The van der Waals surface area contributed by atoms with E-state index >= 15 is 0 Å². The lowest BCUT2D eigenvalue weighted by Crippen LogP contribution is -2.45. The molecule has 1 aromatic heterocycles. The standard InChI is InChI=1S/C15H24N2O4/c1-11(2)17(9-5-6-14(18)19)15(20)16(4)10-13-8-7-12(3)21-13/h7-8,11H,5-6,9-10H2,1-4H3,(H,18,19). The minimum atomic E-state index is -0.842. The molecule has 0 radical (unpaired) electrons. The number of carboxylic acids is 1. The molecule has 0 spiro atoms. The van der Waals surface area contributed by atoms with Crippen LogP contribution in [0.25, 0.3) is 0 Å². The van der Waals surface area contributed by atoms with Crippen LogP contribution in [0.15, 0.2) is 16.5 Å². The van der Waals surface area contributed by atoms with Gasteiger partial charge in [-0.3, -0.25) is 4.79 Å². The number of aliphatic carboxylic acids is 1. The average Bonchev–Trinajstić information content (AvgIpc) is 2.78. The minimum Gasteiger partial charge on any atom is -0.481 e. The van der Waals surface area contributed by atoms with E-state index in [1.165, 1.54) is 0 Å². The first-order valence-corrected chi connectivity index (χ1v) is 7.10. The predicted molar refractivity (Wildman–Crippen MR) is 79.0 cm³/mol. The van der Waals surface area contributed by atoms with Gasteiger partial charge in [0.05, 0.1) is 6.54 Å². The summed E-state index contributed by atoms with van der Waals surface area (Å²) in [5, 5.41) is 8.68. The predicted octanol–water partition coefficient (Wildman–Crippen LogP) is 2.72. The highest BCUT2D eigenvalue weighted by Crippen LogP contribution is 2.12. The Kier molecular flexibility index (Phi) is 6.27. The third kappa shape index (κ3) is 5.49. The molecule has 0 atom stereocenters. The molecule has 0 fully saturated rings. The molecule has 1 heterocycles. The molecule has 0 aromatic carbocycles. The quantitative estimate of drug-likeness (QED) is 0.839. The van der Waals surface area contributed by atoms with Crippen molar-refractivity contribution in [3.63, 3.8) is 0 Å². The van der Waals surface area contributed by atoms with Crippen molar-refractivity contribution < 1.29 is 19.1 Å². The van der Waals surface area contributed by atoms with Gasteiger partial charge in [0.1, 0.15) is 11.5 Å². The van der Waals surface area contributed by atoms with E-state index in [0.717, 1.165) is 11.5 Å². The number of carbonyl (C=O) groups is 2. The maximum absolute atomic E-state index is 12.4. The Bertz CT molecular complexity index is 482. The zero-order valence-corrected chi connectivity index (χ0v) is 13.1. The van der Waals surface area contributed by atoms with Crippen molar-refractivity contribution in [3.05, 3.63) is 23.7 Å². The second-order valence-electron chi connectivity index (χ2n) is 5.44. The van der Waals surface area contributed by atoms with Gasteiger partial charge in [-0.25, -0.2) is 4.79 Å².